The largest absolute Gasteiger partial charge is 0.398 e. The van der Waals surface area contributed by atoms with E-state index >= 15 is 0 Å². The molecule has 0 aliphatic heterocycles. The van der Waals surface area contributed by atoms with Crippen molar-refractivity contribution in [2.24, 2.45) is 0 Å². The zero-order valence-electron chi connectivity index (χ0n) is 10.2. The van der Waals surface area contributed by atoms with Gasteiger partial charge in [0.15, 0.2) is 0 Å². The highest BCUT2D eigenvalue weighted by atomic mass is 32.2. The molecule has 0 spiro atoms. The summed E-state index contributed by atoms with van der Waals surface area (Å²) in [5.41, 5.74) is 7.89. The van der Waals surface area contributed by atoms with E-state index < -0.39 is 10.8 Å². The lowest BCUT2D eigenvalue weighted by Gasteiger charge is -2.09. The van der Waals surface area contributed by atoms with Crippen molar-refractivity contribution >= 4 is 28.1 Å². The molecule has 1 amide bonds. The molecular formula is C12H18N2O2S. The van der Waals surface area contributed by atoms with Gasteiger partial charge in [-0.05, 0) is 31.0 Å². The molecule has 0 saturated heterocycles. The number of rotatable bonds is 5. The van der Waals surface area contributed by atoms with Crippen LogP contribution in [0.5, 0.6) is 0 Å². The molecule has 0 bridgehead atoms. The fourth-order valence-electron chi connectivity index (χ4n) is 1.42. The Bertz CT molecular complexity index is 433. The molecule has 0 aromatic heterocycles. The second-order valence-corrected chi connectivity index (χ2v) is 5.43. The van der Waals surface area contributed by atoms with Crippen molar-refractivity contribution in [3.05, 3.63) is 23.8 Å². The van der Waals surface area contributed by atoms with Gasteiger partial charge in [0.1, 0.15) is 5.75 Å². The summed E-state index contributed by atoms with van der Waals surface area (Å²) in [7, 11) is -1.08. The quantitative estimate of drug-likeness (QED) is 0.785. The van der Waals surface area contributed by atoms with E-state index in [1.54, 1.807) is 18.2 Å². The second kappa shape index (κ2) is 6.39. The van der Waals surface area contributed by atoms with E-state index in [-0.39, 0.29) is 11.7 Å². The summed E-state index contributed by atoms with van der Waals surface area (Å²) >= 11 is 0. The minimum atomic E-state index is -1.08. The number of nitrogens with one attached hydrogen (secondary N) is 1. The lowest BCUT2D eigenvalue weighted by Crippen LogP contribution is -2.21. The van der Waals surface area contributed by atoms with E-state index in [1.807, 2.05) is 13.8 Å². The van der Waals surface area contributed by atoms with E-state index in [1.165, 1.54) is 0 Å². The standard InChI is InChI=1S/C12H18N2O2S/c1-3-7-17(16)8-12(15)14-11-6-4-5-10(13)9(11)2/h4-6H,3,7-8,13H2,1-2H3,(H,14,15). The van der Waals surface area contributed by atoms with Crippen LogP contribution in [0.15, 0.2) is 18.2 Å². The van der Waals surface area contributed by atoms with Gasteiger partial charge in [0.2, 0.25) is 5.91 Å². The van der Waals surface area contributed by atoms with Crippen molar-refractivity contribution in [2.75, 3.05) is 22.6 Å². The van der Waals surface area contributed by atoms with E-state index in [4.69, 9.17) is 5.73 Å². The fraction of sp³-hybridized carbons (Fsp3) is 0.417. The molecule has 1 rings (SSSR count). The van der Waals surface area contributed by atoms with Gasteiger partial charge in [0, 0.05) is 27.9 Å². The third-order valence-electron chi connectivity index (χ3n) is 2.37. The van der Waals surface area contributed by atoms with E-state index in [0.29, 0.717) is 17.1 Å². The number of amides is 1. The molecular weight excluding hydrogens is 236 g/mol. The van der Waals surface area contributed by atoms with Crippen LogP contribution in [0.3, 0.4) is 0 Å². The Balaban J connectivity index is 2.62. The van der Waals surface area contributed by atoms with Gasteiger partial charge in [-0.1, -0.05) is 13.0 Å². The molecule has 5 heteroatoms. The highest BCUT2D eigenvalue weighted by Gasteiger charge is 2.09. The number of carbonyl (C=O) groups excluding carboxylic acids is 1. The lowest BCUT2D eigenvalue weighted by atomic mass is 10.1. The molecule has 3 N–H and O–H groups in total. The summed E-state index contributed by atoms with van der Waals surface area (Å²) < 4.78 is 11.4. The van der Waals surface area contributed by atoms with E-state index in [0.717, 1.165) is 12.0 Å². The maximum absolute atomic E-state index is 11.6. The Hall–Kier alpha value is -1.36. The number of carbonyl (C=O) groups is 1. The minimum Gasteiger partial charge on any atom is -0.398 e. The molecule has 94 valence electrons. The van der Waals surface area contributed by atoms with Crippen molar-refractivity contribution < 1.29 is 9.00 Å². The molecule has 0 fully saturated rings. The normalized spacial score (nSPS) is 12.1. The molecule has 17 heavy (non-hydrogen) atoms. The van der Waals surface area contributed by atoms with Gasteiger partial charge in [-0.3, -0.25) is 9.00 Å². The SMILES string of the molecule is CCCS(=O)CC(=O)Nc1cccc(N)c1C. The summed E-state index contributed by atoms with van der Waals surface area (Å²) in [6, 6.07) is 5.34. The smallest absolute Gasteiger partial charge is 0.236 e. The van der Waals surface area contributed by atoms with Crippen molar-refractivity contribution in [3.8, 4) is 0 Å². The third kappa shape index (κ3) is 4.19. The van der Waals surface area contributed by atoms with Crippen LogP contribution in [-0.4, -0.2) is 21.6 Å². The molecule has 4 nitrogen and oxygen atoms in total. The van der Waals surface area contributed by atoms with Crippen LogP contribution in [0, 0.1) is 6.92 Å². The maximum atomic E-state index is 11.6. The molecule has 1 aromatic rings. The van der Waals surface area contributed by atoms with Crippen LogP contribution >= 0.6 is 0 Å². The lowest BCUT2D eigenvalue weighted by molar-refractivity contribution is -0.113. The predicted molar refractivity (Wildman–Crippen MR) is 72.4 cm³/mol. The molecule has 0 aliphatic rings. The van der Waals surface area contributed by atoms with Crippen LogP contribution in [0.1, 0.15) is 18.9 Å². The van der Waals surface area contributed by atoms with Gasteiger partial charge in [-0.25, -0.2) is 0 Å². The molecule has 0 aliphatic carbocycles. The summed E-state index contributed by atoms with van der Waals surface area (Å²) in [6.07, 6.45) is 0.817. The summed E-state index contributed by atoms with van der Waals surface area (Å²) in [4.78, 5) is 11.6. The minimum absolute atomic E-state index is 0.0437. The Morgan fingerprint density at radius 3 is 2.82 bits per heavy atom. The average Bonchev–Trinajstić information content (AvgIpc) is 2.25. The van der Waals surface area contributed by atoms with Crippen molar-refractivity contribution in [2.45, 2.75) is 20.3 Å². The monoisotopic (exact) mass is 254 g/mol. The molecule has 0 saturated carbocycles. The number of anilines is 2. The maximum Gasteiger partial charge on any atom is 0.236 e. The van der Waals surface area contributed by atoms with Gasteiger partial charge in [0.05, 0.1) is 0 Å². The van der Waals surface area contributed by atoms with Gasteiger partial charge in [0.25, 0.3) is 0 Å². The zero-order chi connectivity index (χ0) is 12.8. The first-order valence-electron chi connectivity index (χ1n) is 5.54. The highest BCUT2D eigenvalue weighted by Crippen LogP contribution is 2.20. The first-order chi connectivity index (χ1) is 8.04. The zero-order valence-corrected chi connectivity index (χ0v) is 11.0. The Morgan fingerprint density at radius 2 is 2.18 bits per heavy atom. The van der Waals surface area contributed by atoms with Crippen LogP contribution in [0.4, 0.5) is 11.4 Å². The van der Waals surface area contributed by atoms with Gasteiger partial charge in [-0.2, -0.15) is 0 Å². The number of hydrogen-bond acceptors (Lipinski definition) is 3. The summed E-state index contributed by atoms with van der Waals surface area (Å²) in [5, 5.41) is 2.73. The molecule has 0 heterocycles. The second-order valence-electron chi connectivity index (χ2n) is 3.86. The fourth-order valence-corrected chi connectivity index (χ4v) is 2.39. The van der Waals surface area contributed by atoms with Gasteiger partial charge < -0.3 is 11.1 Å². The van der Waals surface area contributed by atoms with Crippen molar-refractivity contribution in [1.82, 2.24) is 0 Å². The first-order valence-corrected chi connectivity index (χ1v) is 7.03. The first kappa shape index (κ1) is 13.7. The number of benzene rings is 1. The molecule has 1 unspecified atom stereocenters. The third-order valence-corrected chi connectivity index (χ3v) is 3.82. The van der Waals surface area contributed by atoms with E-state index in [2.05, 4.69) is 5.32 Å². The van der Waals surface area contributed by atoms with Gasteiger partial charge in [-0.15, -0.1) is 0 Å². The Morgan fingerprint density at radius 1 is 1.47 bits per heavy atom. The molecule has 0 radical (unpaired) electrons. The average molecular weight is 254 g/mol. The van der Waals surface area contributed by atoms with Gasteiger partial charge >= 0.3 is 0 Å². The number of hydrogen-bond donors (Lipinski definition) is 2. The molecule has 1 atom stereocenters. The van der Waals surface area contributed by atoms with E-state index in [9.17, 15) is 9.00 Å². The number of nitrogen functional groups attached to an aromatic ring is 1. The molecule has 1 aromatic carbocycles. The van der Waals surface area contributed by atoms with Crippen molar-refractivity contribution in [3.63, 3.8) is 0 Å². The Kier molecular flexibility index (Phi) is 5.15. The predicted octanol–water partition coefficient (Wildman–Crippen LogP) is 1.67. The highest BCUT2D eigenvalue weighted by molar-refractivity contribution is 7.85. The van der Waals surface area contributed by atoms with Crippen LogP contribution < -0.4 is 11.1 Å². The van der Waals surface area contributed by atoms with Crippen LogP contribution in [0.25, 0.3) is 0 Å². The Labute approximate surface area is 104 Å². The summed E-state index contributed by atoms with van der Waals surface area (Å²) in [5.74, 6) is 0.372. The van der Waals surface area contributed by atoms with Crippen molar-refractivity contribution in [1.29, 1.82) is 0 Å². The topological polar surface area (TPSA) is 72.2 Å². The van der Waals surface area contributed by atoms with Crippen LogP contribution in [0.2, 0.25) is 0 Å². The number of nitrogens with two attached hydrogens (primary N) is 1. The summed E-state index contributed by atoms with van der Waals surface area (Å²) in [6.45, 7) is 3.78. The van der Waals surface area contributed by atoms with Crippen LogP contribution in [-0.2, 0) is 15.6 Å².